The van der Waals surface area contributed by atoms with E-state index in [1.54, 1.807) is 36.8 Å². The number of hydrogen-bond acceptors (Lipinski definition) is 7. The average Bonchev–Trinajstić information content (AvgIpc) is 3.50. The van der Waals surface area contributed by atoms with Crippen LogP contribution in [0.4, 0.5) is 5.69 Å². The molecule has 0 radical (unpaired) electrons. The first-order valence-electron chi connectivity index (χ1n) is 10.6. The molecular weight excluding hydrogens is 498 g/mol. The number of hydrogen-bond donors (Lipinski definition) is 3. The second-order valence-corrected chi connectivity index (χ2v) is 10.8. The number of aromatic nitrogens is 2. The van der Waals surface area contributed by atoms with Gasteiger partial charge in [-0.25, -0.2) is 8.42 Å². The summed E-state index contributed by atoms with van der Waals surface area (Å²) in [7, 11) is -2.15. The lowest BCUT2D eigenvalue weighted by atomic mass is 10.0. The van der Waals surface area contributed by atoms with E-state index in [2.05, 4.69) is 14.9 Å². The van der Waals surface area contributed by atoms with Gasteiger partial charge in [-0.2, -0.15) is 0 Å². The fourth-order valence-corrected chi connectivity index (χ4v) is 5.74. The van der Waals surface area contributed by atoms with Gasteiger partial charge in [0.15, 0.2) is 0 Å². The van der Waals surface area contributed by atoms with Crippen molar-refractivity contribution in [1.82, 2.24) is 10.2 Å². The van der Waals surface area contributed by atoms with Gasteiger partial charge >= 0.3 is 0 Å². The molecule has 180 valence electrons. The molecule has 0 spiro atoms. The van der Waals surface area contributed by atoms with Crippen LogP contribution in [0.5, 0.6) is 11.6 Å². The van der Waals surface area contributed by atoms with Crippen LogP contribution < -0.4 is 14.2 Å². The minimum Gasteiger partial charge on any atom is -0.494 e. The van der Waals surface area contributed by atoms with E-state index in [-0.39, 0.29) is 14.9 Å². The molecule has 0 fully saturated rings. The topological polar surface area (TPSA) is 114 Å². The summed E-state index contributed by atoms with van der Waals surface area (Å²) in [5.41, 5.74) is 1.66. The zero-order valence-corrected chi connectivity index (χ0v) is 20.7. The Labute approximate surface area is 206 Å². The molecule has 0 saturated carbocycles. The van der Waals surface area contributed by atoms with E-state index < -0.39 is 16.1 Å². The molecule has 4 aromatic rings. The minimum atomic E-state index is -3.73. The predicted octanol–water partition coefficient (Wildman–Crippen LogP) is 5.37. The number of halogens is 1. The number of sulfonamides is 1. The van der Waals surface area contributed by atoms with Crippen molar-refractivity contribution in [3.8, 4) is 11.6 Å². The Balaban J connectivity index is 1.28. The summed E-state index contributed by atoms with van der Waals surface area (Å²) in [5.74, 6) is 1.26. The fraction of sp³-hybridized carbons (Fsp3) is 0.261. The molecule has 11 heteroatoms. The Morgan fingerprint density at radius 2 is 2.06 bits per heavy atom. The van der Waals surface area contributed by atoms with Gasteiger partial charge in [-0.05, 0) is 60.5 Å². The highest BCUT2D eigenvalue weighted by Crippen LogP contribution is 2.31. The van der Waals surface area contributed by atoms with Gasteiger partial charge in [0.05, 0.1) is 41.4 Å². The molecule has 0 aliphatic carbocycles. The van der Waals surface area contributed by atoms with Gasteiger partial charge in [0.25, 0.3) is 10.0 Å². The Bertz CT molecular complexity index is 1360. The van der Waals surface area contributed by atoms with Crippen LogP contribution in [0.25, 0.3) is 10.9 Å². The second-order valence-electron chi connectivity index (χ2n) is 7.58. The summed E-state index contributed by atoms with van der Waals surface area (Å²) in [6.07, 6.45) is 1.21. The quantitative estimate of drug-likeness (QED) is 0.229. The van der Waals surface area contributed by atoms with E-state index in [1.165, 1.54) is 6.07 Å². The van der Waals surface area contributed by atoms with Crippen molar-refractivity contribution in [2.24, 2.45) is 0 Å². The van der Waals surface area contributed by atoms with Crippen molar-refractivity contribution in [3.63, 3.8) is 0 Å². The summed E-state index contributed by atoms with van der Waals surface area (Å²) in [6, 6.07) is 13.7. The van der Waals surface area contributed by atoms with Crippen molar-refractivity contribution in [1.29, 1.82) is 0 Å². The van der Waals surface area contributed by atoms with Crippen LogP contribution in [0.15, 0.2) is 58.1 Å². The summed E-state index contributed by atoms with van der Waals surface area (Å²) in [6.45, 7) is 0.496. The molecule has 2 aromatic carbocycles. The first kappa shape index (κ1) is 24.3. The predicted molar refractivity (Wildman–Crippen MR) is 134 cm³/mol. The Morgan fingerprint density at radius 1 is 1.21 bits per heavy atom. The lowest BCUT2D eigenvalue weighted by Gasteiger charge is -2.14. The van der Waals surface area contributed by atoms with Crippen molar-refractivity contribution >= 4 is 49.6 Å². The summed E-state index contributed by atoms with van der Waals surface area (Å²) in [5, 5.41) is 20.4. The maximum Gasteiger partial charge on any atom is 0.271 e. The number of nitrogens with one attached hydrogen (secondary N) is 2. The van der Waals surface area contributed by atoms with E-state index >= 15 is 0 Å². The molecule has 2 aromatic heterocycles. The number of methoxy groups -OCH3 is 1. The highest BCUT2D eigenvalue weighted by Gasteiger charge is 2.18. The van der Waals surface area contributed by atoms with E-state index in [9.17, 15) is 13.5 Å². The Kier molecular flexibility index (Phi) is 7.62. The Hall–Kier alpha value is -2.79. The molecule has 0 unspecified atom stereocenters. The smallest absolute Gasteiger partial charge is 0.271 e. The molecule has 1 atom stereocenters. The third-order valence-electron chi connectivity index (χ3n) is 5.21. The van der Waals surface area contributed by atoms with Gasteiger partial charge in [0.2, 0.25) is 5.88 Å². The standard InChI is InChI=1S/C23H24ClN3O5S2/c1-31-23-17-9-8-16(14-19(17)25-26-23)32-11-3-2-5-21(28)15-7-10-18(24)20(13-15)27-34(29,30)22-6-4-12-33-22/h4,6-10,12-14,21,27-28H,2-3,5,11H2,1H3,(H,25,26)/t21-/m0/s1. The second kappa shape index (κ2) is 10.6. The van der Waals surface area contributed by atoms with Gasteiger partial charge < -0.3 is 14.6 Å². The molecular formula is C23H24ClN3O5S2. The van der Waals surface area contributed by atoms with Crippen LogP contribution >= 0.6 is 22.9 Å². The lowest BCUT2D eigenvalue weighted by Crippen LogP contribution is -2.12. The number of aliphatic hydroxyl groups is 1. The summed E-state index contributed by atoms with van der Waals surface area (Å²) in [4.78, 5) is 0. The third kappa shape index (κ3) is 5.64. The molecule has 4 rings (SSSR count). The number of rotatable bonds is 11. The molecule has 0 bridgehead atoms. The molecule has 0 saturated heterocycles. The molecule has 0 amide bonds. The molecule has 3 N–H and O–H groups in total. The number of H-pyrrole nitrogens is 1. The molecule has 2 heterocycles. The zero-order chi connectivity index (χ0) is 24.1. The molecule has 0 aliphatic heterocycles. The number of unbranched alkanes of at least 4 members (excludes halogenated alkanes) is 1. The number of benzene rings is 2. The average molecular weight is 522 g/mol. The fourth-order valence-electron chi connectivity index (χ4n) is 3.46. The molecule has 0 aliphatic rings. The van der Waals surface area contributed by atoms with Crippen molar-refractivity contribution in [2.45, 2.75) is 29.6 Å². The normalized spacial score (nSPS) is 12.6. The Morgan fingerprint density at radius 3 is 2.82 bits per heavy atom. The maximum absolute atomic E-state index is 12.5. The molecule has 8 nitrogen and oxygen atoms in total. The highest BCUT2D eigenvalue weighted by atomic mass is 35.5. The van der Waals surface area contributed by atoms with Crippen LogP contribution in [0.2, 0.25) is 5.02 Å². The molecule has 34 heavy (non-hydrogen) atoms. The number of anilines is 1. The third-order valence-corrected chi connectivity index (χ3v) is 8.31. The van der Waals surface area contributed by atoms with Crippen LogP contribution in [0.3, 0.4) is 0 Å². The first-order chi connectivity index (χ1) is 16.4. The van der Waals surface area contributed by atoms with E-state index in [0.29, 0.717) is 24.5 Å². The largest absolute Gasteiger partial charge is 0.494 e. The van der Waals surface area contributed by atoms with Gasteiger partial charge in [0, 0.05) is 6.07 Å². The number of aliphatic hydroxyl groups excluding tert-OH is 1. The van der Waals surface area contributed by atoms with Crippen LogP contribution in [-0.4, -0.2) is 37.4 Å². The van der Waals surface area contributed by atoms with Crippen molar-refractivity contribution in [2.75, 3.05) is 18.4 Å². The number of thiophene rings is 1. The van der Waals surface area contributed by atoms with E-state index in [0.717, 1.165) is 40.8 Å². The summed E-state index contributed by atoms with van der Waals surface area (Å²) < 4.78 is 38.7. The number of aromatic amines is 1. The van der Waals surface area contributed by atoms with Crippen LogP contribution in [0, 0.1) is 0 Å². The van der Waals surface area contributed by atoms with Gasteiger partial charge in [-0.1, -0.05) is 23.7 Å². The van der Waals surface area contributed by atoms with E-state index in [1.807, 2.05) is 18.2 Å². The highest BCUT2D eigenvalue weighted by molar-refractivity contribution is 7.94. The van der Waals surface area contributed by atoms with Gasteiger partial charge in [-0.3, -0.25) is 9.82 Å². The van der Waals surface area contributed by atoms with Crippen molar-refractivity contribution < 1.29 is 23.0 Å². The SMILES string of the molecule is COc1n[nH]c2cc(OCCCC[C@H](O)c3ccc(Cl)c(NS(=O)(=O)c4cccs4)c3)ccc12. The monoisotopic (exact) mass is 521 g/mol. The van der Waals surface area contributed by atoms with Gasteiger partial charge in [-0.15, -0.1) is 16.4 Å². The summed E-state index contributed by atoms with van der Waals surface area (Å²) >= 11 is 7.30. The number of nitrogens with zero attached hydrogens (tertiary/aromatic N) is 1. The van der Waals surface area contributed by atoms with Crippen molar-refractivity contribution in [3.05, 3.63) is 64.5 Å². The van der Waals surface area contributed by atoms with Crippen LogP contribution in [0.1, 0.15) is 30.9 Å². The maximum atomic E-state index is 12.5. The number of ether oxygens (including phenoxy) is 2. The first-order valence-corrected chi connectivity index (χ1v) is 13.3. The lowest BCUT2D eigenvalue weighted by molar-refractivity contribution is 0.160. The van der Waals surface area contributed by atoms with Gasteiger partial charge in [0.1, 0.15) is 9.96 Å². The van der Waals surface area contributed by atoms with E-state index in [4.69, 9.17) is 21.1 Å². The zero-order valence-electron chi connectivity index (χ0n) is 18.3. The van der Waals surface area contributed by atoms with Crippen LogP contribution in [-0.2, 0) is 10.0 Å². The minimum absolute atomic E-state index is 0.195. The number of fused-ring (bicyclic) bond motifs is 1.